The van der Waals surface area contributed by atoms with Gasteiger partial charge in [-0.05, 0) is 40.3 Å². The molecule has 1 aliphatic rings. The van der Waals surface area contributed by atoms with Crippen LogP contribution in [0.15, 0.2) is 42.5 Å². The van der Waals surface area contributed by atoms with Gasteiger partial charge in [-0.1, -0.05) is 44.2 Å². The first-order valence-corrected chi connectivity index (χ1v) is 8.21. The predicted octanol–water partition coefficient (Wildman–Crippen LogP) is 3.69. The first-order valence-electron chi connectivity index (χ1n) is 8.21. The van der Waals surface area contributed by atoms with Crippen molar-refractivity contribution in [3.05, 3.63) is 70.3 Å². The van der Waals surface area contributed by atoms with Gasteiger partial charge in [-0.2, -0.15) is 0 Å². The number of hydrogen-bond donors (Lipinski definition) is 1. The van der Waals surface area contributed by atoms with E-state index >= 15 is 0 Å². The summed E-state index contributed by atoms with van der Waals surface area (Å²) in [4.78, 5) is 14.4. The Labute approximate surface area is 138 Å². The average Bonchev–Trinajstić information content (AvgIpc) is 3.02. The van der Waals surface area contributed by atoms with E-state index in [2.05, 4.69) is 49.5 Å². The Bertz CT molecular complexity index is 704. The van der Waals surface area contributed by atoms with E-state index in [9.17, 15) is 4.79 Å². The van der Waals surface area contributed by atoms with Crippen molar-refractivity contribution in [1.82, 2.24) is 10.2 Å². The summed E-state index contributed by atoms with van der Waals surface area (Å²) in [7, 11) is 1.87. The van der Waals surface area contributed by atoms with Gasteiger partial charge in [0.2, 0.25) is 0 Å². The number of amides is 1. The molecule has 1 aliphatic heterocycles. The molecule has 0 spiro atoms. The first-order chi connectivity index (χ1) is 11.0. The van der Waals surface area contributed by atoms with Gasteiger partial charge in [-0.3, -0.25) is 4.79 Å². The summed E-state index contributed by atoms with van der Waals surface area (Å²) in [5, 5.41) is 3.31. The third-order valence-corrected chi connectivity index (χ3v) is 4.50. The lowest BCUT2D eigenvalue weighted by molar-refractivity contribution is 0.0785. The largest absolute Gasteiger partial charge is 0.337 e. The molecule has 0 atom stereocenters. The fourth-order valence-electron chi connectivity index (χ4n) is 3.00. The standard InChI is InChI=1S/C20H24N2O/c1-14(2)16-6-4-15(5-7-16)13-22(3)20(23)17-8-9-18-11-21-12-19(18)10-17/h4-10,14,21H,11-13H2,1-3H3. The highest BCUT2D eigenvalue weighted by Gasteiger charge is 2.16. The van der Waals surface area contributed by atoms with E-state index in [0.717, 1.165) is 24.2 Å². The van der Waals surface area contributed by atoms with Crippen molar-refractivity contribution >= 4 is 5.91 Å². The molecule has 0 aromatic heterocycles. The molecule has 23 heavy (non-hydrogen) atoms. The maximum Gasteiger partial charge on any atom is 0.253 e. The van der Waals surface area contributed by atoms with Crippen LogP contribution in [0.4, 0.5) is 0 Å². The van der Waals surface area contributed by atoms with Gasteiger partial charge in [0.05, 0.1) is 0 Å². The summed E-state index contributed by atoms with van der Waals surface area (Å²) in [6, 6.07) is 14.6. The van der Waals surface area contributed by atoms with Crippen LogP contribution in [0.3, 0.4) is 0 Å². The number of hydrogen-bond acceptors (Lipinski definition) is 2. The first kappa shape index (κ1) is 15.8. The van der Waals surface area contributed by atoms with Crippen LogP contribution in [-0.2, 0) is 19.6 Å². The Kier molecular flexibility index (Phi) is 4.49. The van der Waals surface area contributed by atoms with Gasteiger partial charge in [0, 0.05) is 32.2 Å². The monoisotopic (exact) mass is 308 g/mol. The highest BCUT2D eigenvalue weighted by Crippen LogP contribution is 2.19. The zero-order chi connectivity index (χ0) is 16.4. The number of carbonyl (C=O) groups excluding carboxylic acids is 1. The molecule has 3 nitrogen and oxygen atoms in total. The molecular weight excluding hydrogens is 284 g/mol. The molecule has 0 fully saturated rings. The third-order valence-electron chi connectivity index (χ3n) is 4.50. The minimum Gasteiger partial charge on any atom is -0.337 e. The lowest BCUT2D eigenvalue weighted by Gasteiger charge is -2.18. The van der Waals surface area contributed by atoms with Crippen molar-refractivity contribution in [3.63, 3.8) is 0 Å². The van der Waals surface area contributed by atoms with Crippen LogP contribution in [0.1, 0.15) is 52.4 Å². The number of fused-ring (bicyclic) bond motifs is 1. The number of benzene rings is 2. The van der Waals surface area contributed by atoms with Gasteiger partial charge in [0.15, 0.2) is 0 Å². The van der Waals surface area contributed by atoms with Crippen LogP contribution in [-0.4, -0.2) is 17.9 Å². The molecule has 3 heteroatoms. The Morgan fingerprint density at radius 3 is 2.48 bits per heavy atom. The molecule has 0 saturated heterocycles. The summed E-state index contributed by atoms with van der Waals surface area (Å²) < 4.78 is 0. The fraction of sp³-hybridized carbons (Fsp3) is 0.350. The van der Waals surface area contributed by atoms with E-state index in [1.165, 1.54) is 16.7 Å². The molecule has 0 aliphatic carbocycles. The second kappa shape index (κ2) is 6.55. The van der Waals surface area contributed by atoms with E-state index in [0.29, 0.717) is 12.5 Å². The van der Waals surface area contributed by atoms with Crippen LogP contribution >= 0.6 is 0 Å². The lowest BCUT2D eigenvalue weighted by atomic mass is 10.0. The van der Waals surface area contributed by atoms with Crippen molar-refractivity contribution in [1.29, 1.82) is 0 Å². The number of rotatable bonds is 4. The van der Waals surface area contributed by atoms with E-state index in [-0.39, 0.29) is 5.91 Å². The van der Waals surface area contributed by atoms with Crippen LogP contribution in [0, 0.1) is 0 Å². The Hall–Kier alpha value is -2.13. The molecule has 2 aromatic carbocycles. The van der Waals surface area contributed by atoms with Crippen molar-refractivity contribution in [2.24, 2.45) is 0 Å². The summed E-state index contributed by atoms with van der Waals surface area (Å²) in [5.41, 5.74) is 5.80. The summed E-state index contributed by atoms with van der Waals surface area (Å²) in [6.07, 6.45) is 0. The zero-order valence-corrected chi connectivity index (χ0v) is 14.1. The van der Waals surface area contributed by atoms with E-state index < -0.39 is 0 Å². The molecule has 0 radical (unpaired) electrons. The van der Waals surface area contributed by atoms with Gasteiger partial charge < -0.3 is 10.2 Å². The molecule has 3 rings (SSSR count). The lowest BCUT2D eigenvalue weighted by Crippen LogP contribution is -2.26. The molecule has 0 unspecified atom stereocenters. The maximum atomic E-state index is 12.6. The van der Waals surface area contributed by atoms with Gasteiger partial charge in [-0.25, -0.2) is 0 Å². The van der Waals surface area contributed by atoms with E-state index in [1.54, 1.807) is 4.90 Å². The maximum absolute atomic E-state index is 12.6. The van der Waals surface area contributed by atoms with E-state index in [4.69, 9.17) is 0 Å². The number of nitrogens with zero attached hydrogens (tertiary/aromatic N) is 1. The summed E-state index contributed by atoms with van der Waals surface area (Å²) in [5.74, 6) is 0.607. The van der Waals surface area contributed by atoms with Crippen LogP contribution < -0.4 is 5.32 Å². The van der Waals surface area contributed by atoms with Gasteiger partial charge >= 0.3 is 0 Å². The number of nitrogens with one attached hydrogen (secondary N) is 1. The van der Waals surface area contributed by atoms with Gasteiger partial charge in [-0.15, -0.1) is 0 Å². The molecule has 0 bridgehead atoms. The third kappa shape index (κ3) is 3.45. The highest BCUT2D eigenvalue weighted by molar-refractivity contribution is 5.94. The minimum atomic E-state index is 0.0765. The molecule has 120 valence electrons. The van der Waals surface area contributed by atoms with Crippen LogP contribution in [0.2, 0.25) is 0 Å². The van der Waals surface area contributed by atoms with Crippen molar-refractivity contribution < 1.29 is 4.79 Å². The van der Waals surface area contributed by atoms with Crippen molar-refractivity contribution in [2.75, 3.05) is 7.05 Å². The van der Waals surface area contributed by atoms with Crippen LogP contribution in [0.5, 0.6) is 0 Å². The number of carbonyl (C=O) groups is 1. The molecular formula is C20H24N2O. The molecule has 1 heterocycles. The van der Waals surface area contributed by atoms with Crippen molar-refractivity contribution in [2.45, 2.75) is 39.4 Å². The van der Waals surface area contributed by atoms with Crippen molar-refractivity contribution in [3.8, 4) is 0 Å². The zero-order valence-electron chi connectivity index (χ0n) is 14.1. The Morgan fingerprint density at radius 2 is 1.78 bits per heavy atom. The predicted molar refractivity (Wildman–Crippen MR) is 93.3 cm³/mol. The Balaban J connectivity index is 1.70. The molecule has 1 N–H and O–H groups in total. The Morgan fingerprint density at radius 1 is 1.09 bits per heavy atom. The SMILES string of the molecule is CC(C)c1ccc(CN(C)C(=O)c2ccc3c(c2)CNC3)cc1. The smallest absolute Gasteiger partial charge is 0.253 e. The second-order valence-electron chi connectivity index (χ2n) is 6.64. The molecule has 2 aromatic rings. The van der Waals surface area contributed by atoms with E-state index in [1.807, 2.05) is 19.2 Å². The molecule has 0 saturated carbocycles. The topological polar surface area (TPSA) is 32.3 Å². The normalized spacial score (nSPS) is 13.2. The quantitative estimate of drug-likeness (QED) is 0.934. The molecule has 1 amide bonds. The highest BCUT2D eigenvalue weighted by atomic mass is 16.2. The summed E-state index contributed by atoms with van der Waals surface area (Å²) in [6.45, 7) is 6.77. The van der Waals surface area contributed by atoms with Crippen LogP contribution in [0.25, 0.3) is 0 Å². The summed E-state index contributed by atoms with van der Waals surface area (Å²) >= 11 is 0. The second-order valence-corrected chi connectivity index (χ2v) is 6.64. The fourth-order valence-corrected chi connectivity index (χ4v) is 3.00. The minimum absolute atomic E-state index is 0.0765. The average molecular weight is 308 g/mol. The van der Waals surface area contributed by atoms with Gasteiger partial charge in [0.1, 0.15) is 0 Å². The van der Waals surface area contributed by atoms with Gasteiger partial charge in [0.25, 0.3) is 5.91 Å².